The first-order chi connectivity index (χ1) is 20.5. The third kappa shape index (κ3) is 10.3. The van der Waals surface area contributed by atoms with E-state index in [0.717, 1.165) is 11.1 Å². The zero-order valence-electron chi connectivity index (χ0n) is 25.0. The van der Waals surface area contributed by atoms with E-state index in [9.17, 15) is 18.0 Å². The van der Waals surface area contributed by atoms with Gasteiger partial charge < -0.3 is 14.2 Å². The van der Waals surface area contributed by atoms with Gasteiger partial charge in [0.25, 0.3) is 0 Å². The SMILES string of the molecule is C=C(COC(C)=O)C[C@H](O[C@@H](C)c1ccccc1)/C(C)=C(/OC(=O)c1ccccc1)[C@@H](C)S(=O)(=O)NCc1ccccc1. The number of benzene rings is 3. The second kappa shape index (κ2) is 16.0. The van der Waals surface area contributed by atoms with Gasteiger partial charge in [0.1, 0.15) is 17.6 Å². The molecule has 0 radical (unpaired) electrons. The van der Waals surface area contributed by atoms with Crippen LogP contribution in [0.15, 0.2) is 114 Å². The second-order valence-electron chi connectivity index (χ2n) is 10.2. The van der Waals surface area contributed by atoms with Crippen LogP contribution in [0.1, 0.15) is 61.7 Å². The molecule has 228 valence electrons. The minimum absolute atomic E-state index is 0.0339. The summed E-state index contributed by atoms with van der Waals surface area (Å²) < 4.78 is 47.3. The lowest BCUT2D eigenvalue weighted by Crippen LogP contribution is -2.36. The summed E-state index contributed by atoms with van der Waals surface area (Å²) in [4.78, 5) is 24.7. The molecule has 0 unspecified atom stereocenters. The van der Waals surface area contributed by atoms with Crippen LogP contribution in [0.2, 0.25) is 0 Å². The Morgan fingerprint density at radius 3 is 2.00 bits per heavy atom. The zero-order valence-corrected chi connectivity index (χ0v) is 25.8. The Morgan fingerprint density at radius 1 is 0.860 bits per heavy atom. The number of hydrogen-bond acceptors (Lipinski definition) is 7. The fraction of sp³-hybridized carbons (Fsp3) is 0.294. The molecule has 8 nitrogen and oxygen atoms in total. The van der Waals surface area contributed by atoms with E-state index < -0.39 is 39.4 Å². The molecule has 43 heavy (non-hydrogen) atoms. The van der Waals surface area contributed by atoms with Gasteiger partial charge in [0.05, 0.1) is 17.8 Å². The van der Waals surface area contributed by atoms with E-state index in [1.54, 1.807) is 37.3 Å². The normalized spacial score (nSPS) is 14.1. The van der Waals surface area contributed by atoms with Crippen molar-refractivity contribution in [3.8, 4) is 0 Å². The number of esters is 2. The van der Waals surface area contributed by atoms with Crippen molar-refractivity contribution in [1.82, 2.24) is 4.72 Å². The van der Waals surface area contributed by atoms with E-state index in [2.05, 4.69) is 11.3 Å². The lowest BCUT2D eigenvalue weighted by atomic mass is 10.0. The maximum absolute atomic E-state index is 13.6. The lowest BCUT2D eigenvalue weighted by molar-refractivity contribution is -0.140. The van der Waals surface area contributed by atoms with Crippen molar-refractivity contribution in [2.24, 2.45) is 0 Å². The topological polar surface area (TPSA) is 108 Å². The maximum Gasteiger partial charge on any atom is 0.343 e. The number of ether oxygens (including phenoxy) is 3. The molecule has 0 fully saturated rings. The Bertz CT molecular complexity index is 1500. The highest BCUT2D eigenvalue weighted by atomic mass is 32.2. The van der Waals surface area contributed by atoms with Crippen molar-refractivity contribution >= 4 is 22.0 Å². The Kier molecular flexibility index (Phi) is 12.4. The number of nitrogens with one attached hydrogen (secondary N) is 1. The average Bonchev–Trinajstić information content (AvgIpc) is 3.02. The van der Waals surface area contributed by atoms with Crippen molar-refractivity contribution in [2.75, 3.05) is 6.61 Å². The van der Waals surface area contributed by atoms with E-state index in [-0.39, 0.29) is 30.9 Å². The largest absolute Gasteiger partial charge is 0.461 e. The summed E-state index contributed by atoms with van der Waals surface area (Å²) >= 11 is 0. The molecule has 0 aliphatic carbocycles. The van der Waals surface area contributed by atoms with Gasteiger partial charge in [-0.05, 0) is 55.2 Å². The number of carbonyl (C=O) groups excluding carboxylic acids is 2. The van der Waals surface area contributed by atoms with E-state index in [4.69, 9.17) is 14.2 Å². The summed E-state index contributed by atoms with van der Waals surface area (Å²) in [6.07, 6.45) is -0.979. The predicted molar refractivity (Wildman–Crippen MR) is 166 cm³/mol. The molecule has 0 bridgehead atoms. The van der Waals surface area contributed by atoms with Gasteiger partial charge in [0.2, 0.25) is 10.0 Å². The highest BCUT2D eigenvalue weighted by Gasteiger charge is 2.33. The van der Waals surface area contributed by atoms with Crippen LogP contribution in [0.4, 0.5) is 0 Å². The molecule has 0 aliphatic heterocycles. The first-order valence-corrected chi connectivity index (χ1v) is 15.5. The quantitative estimate of drug-likeness (QED) is 0.123. The molecule has 0 heterocycles. The fourth-order valence-electron chi connectivity index (χ4n) is 4.30. The van der Waals surface area contributed by atoms with E-state index in [1.807, 2.05) is 67.6 Å². The average molecular weight is 606 g/mol. The number of hydrogen-bond donors (Lipinski definition) is 1. The molecule has 0 aliphatic rings. The van der Waals surface area contributed by atoms with Crippen LogP contribution in [0, 0.1) is 0 Å². The number of carbonyl (C=O) groups is 2. The van der Waals surface area contributed by atoms with Crippen LogP contribution in [-0.4, -0.2) is 38.3 Å². The van der Waals surface area contributed by atoms with Crippen LogP contribution in [-0.2, 0) is 35.6 Å². The Labute approximate surface area is 254 Å². The van der Waals surface area contributed by atoms with Crippen molar-refractivity contribution in [2.45, 2.75) is 58.1 Å². The van der Waals surface area contributed by atoms with Gasteiger partial charge in [-0.2, -0.15) is 0 Å². The van der Waals surface area contributed by atoms with Crippen molar-refractivity contribution in [1.29, 1.82) is 0 Å². The molecule has 0 aromatic heterocycles. The molecular weight excluding hydrogens is 566 g/mol. The molecular formula is C34H39NO7S. The van der Waals surface area contributed by atoms with Gasteiger partial charge in [-0.25, -0.2) is 17.9 Å². The summed E-state index contributed by atoms with van der Waals surface area (Å²) in [6, 6.07) is 27.0. The first-order valence-electron chi connectivity index (χ1n) is 14.0. The lowest BCUT2D eigenvalue weighted by Gasteiger charge is -2.28. The third-order valence-electron chi connectivity index (χ3n) is 6.83. The molecule has 9 heteroatoms. The van der Waals surface area contributed by atoms with Gasteiger partial charge in [-0.3, -0.25) is 4.79 Å². The first kappa shape index (κ1) is 33.5. The van der Waals surface area contributed by atoms with Crippen LogP contribution in [0.25, 0.3) is 0 Å². The van der Waals surface area contributed by atoms with Crippen molar-refractivity contribution in [3.05, 3.63) is 131 Å². The monoisotopic (exact) mass is 605 g/mol. The maximum atomic E-state index is 13.6. The standard InChI is InChI=1S/C34H39NO7S/c1-24(23-40-28(5)36)21-32(41-26(3)30-17-11-7-12-18-30)25(2)33(42-34(37)31-19-13-8-14-20-31)27(4)43(38,39)35-22-29-15-9-6-10-16-29/h6-20,26-27,32,35H,1,21-23H2,2-5H3/b33-25+/t26-,27+,32-/m0/s1. The van der Waals surface area contributed by atoms with Crippen molar-refractivity contribution < 1.29 is 32.2 Å². The van der Waals surface area contributed by atoms with Gasteiger partial charge in [-0.15, -0.1) is 0 Å². The van der Waals surface area contributed by atoms with Crippen LogP contribution < -0.4 is 4.72 Å². The molecule has 3 atom stereocenters. The van der Waals surface area contributed by atoms with Crippen molar-refractivity contribution in [3.63, 3.8) is 0 Å². The summed E-state index contributed by atoms with van der Waals surface area (Å²) in [6.45, 7) is 10.4. The minimum atomic E-state index is -4.03. The molecule has 1 N–H and O–H groups in total. The highest BCUT2D eigenvalue weighted by Crippen LogP contribution is 2.30. The van der Waals surface area contributed by atoms with E-state index in [1.165, 1.54) is 13.8 Å². The fourth-order valence-corrected chi connectivity index (χ4v) is 5.43. The molecule has 0 spiro atoms. The minimum Gasteiger partial charge on any atom is -0.461 e. The molecule has 3 aromatic rings. The molecule has 0 saturated carbocycles. The summed E-state index contributed by atoms with van der Waals surface area (Å²) in [5, 5.41) is -1.26. The second-order valence-corrected chi connectivity index (χ2v) is 12.3. The predicted octanol–water partition coefficient (Wildman–Crippen LogP) is 6.28. The van der Waals surface area contributed by atoms with Gasteiger partial charge >= 0.3 is 11.9 Å². The van der Waals surface area contributed by atoms with Crippen LogP contribution >= 0.6 is 0 Å². The Hall–Kier alpha value is -4.05. The van der Waals surface area contributed by atoms with Gasteiger partial charge in [0.15, 0.2) is 0 Å². The molecule has 0 amide bonds. The van der Waals surface area contributed by atoms with E-state index in [0.29, 0.717) is 11.1 Å². The number of rotatable bonds is 15. The number of sulfonamides is 1. The van der Waals surface area contributed by atoms with Crippen LogP contribution in [0.5, 0.6) is 0 Å². The van der Waals surface area contributed by atoms with Gasteiger partial charge in [0, 0.05) is 19.9 Å². The summed E-state index contributed by atoms with van der Waals surface area (Å²) in [7, 11) is -4.03. The Balaban J connectivity index is 2.02. The summed E-state index contributed by atoms with van der Waals surface area (Å²) in [5.74, 6) is -1.21. The highest BCUT2D eigenvalue weighted by molar-refractivity contribution is 7.90. The third-order valence-corrected chi connectivity index (χ3v) is 8.52. The zero-order chi connectivity index (χ0) is 31.4. The van der Waals surface area contributed by atoms with Crippen LogP contribution in [0.3, 0.4) is 0 Å². The smallest absolute Gasteiger partial charge is 0.343 e. The summed E-state index contributed by atoms with van der Waals surface area (Å²) in [5.41, 5.74) is 2.89. The molecule has 0 saturated heterocycles. The molecule has 3 aromatic carbocycles. The van der Waals surface area contributed by atoms with Gasteiger partial charge in [-0.1, -0.05) is 85.4 Å². The van der Waals surface area contributed by atoms with E-state index >= 15 is 0 Å². The Morgan fingerprint density at radius 2 is 1.42 bits per heavy atom. The molecule has 3 rings (SSSR count).